The van der Waals surface area contributed by atoms with Crippen LogP contribution in [0.2, 0.25) is 0 Å². The van der Waals surface area contributed by atoms with Gasteiger partial charge in [0.05, 0.1) is 0 Å². The van der Waals surface area contributed by atoms with Gasteiger partial charge in [-0.1, -0.05) is 18.2 Å². The summed E-state index contributed by atoms with van der Waals surface area (Å²) in [6.07, 6.45) is 0. The summed E-state index contributed by atoms with van der Waals surface area (Å²) in [5.41, 5.74) is 3.19. The van der Waals surface area contributed by atoms with Gasteiger partial charge in [-0.15, -0.1) is 0 Å². The fraction of sp³-hybridized carbons (Fsp3) is 0.0714. The molecule has 0 aliphatic carbocycles. The zero-order chi connectivity index (χ0) is 12.5. The minimum Gasteiger partial charge on any atom is -0.423 e. The molecule has 0 fully saturated rings. The number of aromatic nitrogens is 1. The third-order valence-corrected chi connectivity index (χ3v) is 2.70. The number of oxazole rings is 1. The third kappa shape index (κ3) is 1.93. The normalized spacial score (nSPS) is 10.8. The number of hydrogen-bond donors (Lipinski definition) is 1. The summed E-state index contributed by atoms with van der Waals surface area (Å²) < 4.78 is 18.6. The van der Waals surface area contributed by atoms with Gasteiger partial charge in [0.25, 0.3) is 6.01 Å². The number of anilines is 2. The Hall–Kier alpha value is -2.36. The minimum absolute atomic E-state index is 0.299. The van der Waals surface area contributed by atoms with Crippen LogP contribution in [0.1, 0.15) is 5.56 Å². The van der Waals surface area contributed by atoms with E-state index >= 15 is 0 Å². The molecule has 0 aliphatic rings. The van der Waals surface area contributed by atoms with Gasteiger partial charge in [0.1, 0.15) is 11.3 Å². The molecule has 90 valence electrons. The average Bonchev–Trinajstić information content (AvgIpc) is 2.73. The zero-order valence-corrected chi connectivity index (χ0v) is 9.77. The number of rotatable bonds is 2. The van der Waals surface area contributed by atoms with Gasteiger partial charge >= 0.3 is 0 Å². The molecular weight excluding hydrogens is 231 g/mol. The van der Waals surface area contributed by atoms with Crippen LogP contribution in [0.15, 0.2) is 46.9 Å². The molecule has 4 heteroatoms. The van der Waals surface area contributed by atoms with Gasteiger partial charge in [0.2, 0.25) is 0 Å². The van der Waals surface area contributed by atoms with Crippen LogP contribution in [-0.2, 0) is 0 Å². The molecule has 0 saturated heterocycles. The van der Waals surface area contributed by atoms with Crippen molar-refractivity contribution in [3.05, 3.63) is 53.8 Å². The molecule has 18 heavy (non-hydrogen) atoms. The summed E-state index contributed by atoms with van der Waals surface area (Å²) in [6.45, 7) is 1.97. The highest BCUT2D eigenvalue weighted by Gasteiger charge is 2.07. The molecule has 3 rings (SSSR count). The van der Waals surface area contributed by atoms with E-state index < -0.39 is 0 Å². The second-order valence-electron chi connectivity index (χ2n) is 4.08. The lowest BCUT2D eigenvalue weighted by atomic mass is 10.2. The topological polar surface area (TPSA) is 38.1 Å². The highest BCUT2D eigenvalue weighted by molar-refractivity contribution is 5.78. The van der Waals surface area contributed by atoms with Gasteiger partial charge in [-0.25, -0.2) is 4.39 Å². The maximum atomic E-state index is 13.0. The maximum absolute atomic E-state index is 13.0. The molecule has 0 bridgehead atoms. The monoisotopic (exact) mass is 242 g/mol. The van der Waals surface area contributed by atoms with Gasteiger partial charge in [0, 0.05) is 5.69 Å². The molecule has 0 atom stereocenters. The van der Waals surface area contributed by atoms with Crippen LogP contribution in [0, 0.1) is 12.7 Å². The van der Waals surface area contributed by atoms with Crippen molar-refractivity contribution >= 4 is 22.8 Å². The van der Waals surface area contributed by atoms with Gasteiger partial charge in [0.15, 0.2) is 5.58 Å². The Morgan fingerprint density at radius 2 is 2.00 bits per heavy atom. The first-order valence-electron chi connectivity index (χ1n) is 5.61. The van der Waals surface area contributed by atoms with Crippen molar-refractivity contribution in [1.29, 1.82) is 0 Å². The van der Waals surface area contributed by atoms with Crippen molar-refractivity contribution in [2.75, 3.05) is 5.32 Å². The Morgan fingerprint density at radius 1 is 1.17 bits per heavy atom. The standard InChI is InChI=1S/C14H11FN2O/c1-9-4-2-7-12-13(9)17-14(18-12)16-11-6-3-5-10(15)8-11/h2-8H,1H3,(H,16,17). The quantitative estimate of drug-likeness (QED) is 0.737. The molecule has 2 aromatic carbocycles. The largest absolute Gasteiger partial charge is 0.423 e. The van der Waals surface area contributed by atoms with E-state index in [9.17, 15) is 4.39 Å². The lowest BCUT2D eigenvalue weighted by Gasteiger charge is -2.00. The van der Waals surface area contributed by atoms with Crippen molar-refractivity contribution in [3.63, 3.8) is 0 Å². The first-order chi connectivity index (χ1) is 8.72. The highest BCUT2D eigenvalue weighted by atomic mass is 19.1. The van der Waals surface area contributed by atoms with E-state index in [-0.39, 0.29) is 5.82 Å². The molecule has 1 N–H and O–H groups in total. The van der Waals surface area contributed by atoms with Crippen LogP contribution in [0.25, 0.3) is 11.1 Å². The molecule has 3 nitrogen and oxygen atoms in total. The number of hydrogen-bond acceptors (Lipinski definition) is 3. The van der Waals surface area contributed by atoms with Gasteiger partial charge < -0.3 is 9.73 Å². The van der Waals surface area contributed by atoms with Crippen molar-refractivity contribution in [2.24, 2.45) is 0 Å². The third-order valence-electron chi connectivity index (χ3n) is 2.70. The Balaban J connectivity index is 1.98. The fourth-order valence-electron chi connectivity index (χ4n) is 1.83. The summed E-state index contributed by atoms with van der Waals surface area (Å²) in [5, 5.41) is 2.94. The zero-order valence-electron chi connectivity index (χ0n) is 9.77. The Bertz CT molecular complexity index is 706. The maximum Gasteiger partial charge on any atom is 0.300 e. The van der Waals surface area contributed by atoms with E-state index in [1.807, 2.05) is 25.1 Å². The molecule has 0 radical (unpaired) electrons. The lowest BCUT2D eigenvalue weighted by molar-refractivity contribution is 0.620. The van der Waals surface area contributed by atoms with E-state index in [2.05, 4.69) is 10.3 Å². The van der Waals surface area contributed by atoms with Gasteiger partial charge in [-0.3, -0.25) is 0 Å². The van der Waals surface area contributed by atoms with Crippen LogP contribution in [0.4, 0.5) is 16.1 Å². The van der Waals surface area contributed by atoms with Crippen LogP contribution in [0.3, 0.4) is 0 Å². The number of fused-ring (bicyclic) bond motifs is 1. The number of para-hydroxylation sites is 1. The highest BCUT2D eigenvalue weighted by Crippen LogP contribution is 2.24. The Labute approximate surface area is 103 Å². The molecule has 0 saturated carbocycles. The van der Waals surface area contributed by atoms with Crippen molar-refractivity contribution in [1.82, 2.24) is 4.98 Å². The van der Waals surface area contributed by atoms with E-state index in [0.717, 1.165) is 11.1 Å². The van der Waals surface area contributed by atoms with Crippen LogP contribution >= 0.6 is 0 Å². The molecule has 0 aliphatic heterocycles. The van der Waals surface area contributed by atoms with Crippen LogP contribution in [-0.4, -0.2) is 4.98 Å². The summed E-state index contributed by atoms with van der Waals surface area (Å²) >= 11 is 0. The lowest BCUT2D eigenvalue weighted by Crippen LogP contribution is -1.90. The van der Waals surface area contributed by atoms with E-state index in [0.29, 0.717) is 17.3 Å². The molecular formula is C14H11FN2O. The number of nitrogens with one attached hydrogen (secondary N) is 1. The summed E-state index contributed by atoms with van der Waals surface area (Å²) in [4.78, 5) is 4.34. The van der Waals surface area contributed by atoms with Crippen molar-refractivity contribution in [3.8, 4) is 0 Å². The number of benzene rings is 2. The number of aryl methyl sites for hydroxylation is 1. The average molecular weight is 242 g/mol. The Kier molecular flexibility index (Phi) is 2.48. The second kappa shape index (κ2) is 4.14. The second-order valence-corrected chi connectivity index (χ2v) is 4.08. The predicted molar refractivity (Wildman–Crippen MR) is 68.4 cm³/mol. The predicted octanol–water partition coefficient (Wildman–Crippen LogP) is 4.02. The van der Waals surface area contributed by atoms with E-state index in [4.69, 9.17) is 4.42 Å². The summed E-state index contributed by atoms with van der Waals surface area (Å²) in [5.74, 6) is -0.299. The SMILES string of the molecule is Cc1cccc2oc(Nc3cccc(F)c3)nc12. The summed E-state index contributed by atoms with van der Waals surface area (Å²) in [7, 11) is 0. The fourth-order valence-corrected chi connectivity index (χ4v) is 1.83. The van der Waals surface area contributed by atoms with Crippen molar-refractivity contribution in [2.45, 2.75) is 6.92 Å². The molecule has 0 unspecified atom stereocenters. The molecule has 3 aromatic rings. The molecule has 1 heterocycles. The number of halogens is 1. The van der Waals surface area contributed by atoms with Gasteiger partial charge in [-0.05, 0) is 36.8 Å². The first kappa shape index (κ1) is 10.8. The minimum atomic E-state index is -0.299. The number of nitrogens with zero attached hydrogens (tertiary/aromatic N) is 1. The van der Waals surface area contributed by atoms with Crippen LogP contribution in [0.5, 0.6) is 0 Å². The Morgan fingerprint density at radius 3 is 2.78 bits per heavy atom. The molecule has 0 spiro atoms. The first-order valence-corrected chi connectivity index (χ1v) is 5.61. The van der Waals surface area contributed by atoms with E-state index in [1.54, 1.807) is 12.1 Å². The smallest absolute Gasteiger partial charge is 0.300 e. The van der Waals surface area contributed by atoms with Crippen LogP contribution < -0.4 is 5.32 Å². The molecule has 0 amide bonds. The van der Waals surface area contributed by atoms with Gasteiger partial charge in [-0.2, -0.15) is 4.98 Å². The van der Waals surface area contributed by atoms with E-state index in [1.165, 1.54) is 12.1 Å². The summed E-state index contributed by atoms with van der Waals surface area (Å²) in [6, 6.07) is 12.3. The molecule has 1 aromatic heterocycles. The van der Waals surface area contributed by atoms with Crippen molar-refractivity contribution < 1.29 is 8.81 Å².